The van der Waals surface area contributed by atoms with Crippen LogP contribution < -0.4 is 0 Å². The number of hydrogen-bond donors (Lipinski definition) is 1. The zero-order valence-electron chi connectivity index (χ0n) is 12.0. The van der Waals surface area contributed by atoms with E-state index in [1.54, 1.807) is 6.92 Å². The van der Waals surface area contributed by atoms with E-state index in [-0.39, 0.29) is 0 Å². The summed E-state index contributed by atoms with van der Waals surface area (Å²) in [6.45, 7) is 8.43. The maximum Gasteiger partial charge on any atom is 0.310 e. The van der Waals surface area contributed by atoms with E-state index in [1.165, 1.54) is 12.0 Å². The normalized spacial score (nSPS) is 25.4. The second kappa shape index (κ2) is 5.74. The molecule has 1 aliphatic heterocycles. The molecule has 0 spiro atoms. The zero-order chi connectivity index (χ0) is 14.0. The molecule has 3 nitrogen and oxygen atoms in total. The molecule has 1 saturated heterocycles. The number of carbonyl (C=O) groups is 1. The molecule has 1 aliphatic rings. The van der Waals surface area contributed by atoms with Gasteiger partial charge in [-0.2, -0.15) is 0 Å². The first kappa shape index (κ1) is 14.1. The number of benzene rings is 1. The van der Waals surface area contributed by atoms with Crippen LogP contribution >= 0.6 is 0 Å². The van der Waals surface area contributed by atoms with Gasteiger partial charge in [0.25, 0.3) is 0 Å². The highest BCUT2D eigenvalue weighted by Gasteiger charge is 2.25. The van der Waals surface area contributed by atoms with Crippen molar-refractivity contribution in [3.8, 4) is 0 Å². The van der Waals surface area contributed by atoms with Crippen molar-refractivity contribution in [3.63, 3.8) is 0 Å². The lowest BCUT2D eigenvalue weighted by Gasteiger charge is -2.21. The predicted molar refractivity (Wildman–Crippen MR) is 76.1 cm³/mol. The summed E-state index contributed by atoms with van der Waals surface area (Å²) in [6, 6.07) is 8.65. The Morgan fingerprint density at radius 3 is 2.47 bits per heavy atom. The van der Waals surface area contributed by atoms with Crippen molar-refractivity contribution in [1.82, 2.24) is 4.90 Å². The van der Waals surface area contributed by atoms with Gasteiger partial charge in [-0.05, 0) is 37.3 Å². The fourth-order valence-corrected chi connectivity index (χ4v) is 2.90. The van der Waals surface area contributed by atoms with Crippen LogP contribution in [0.3, 0.4) is 0 Å². The van der Waals surface area contributed by atoms with E-state index < -0.39 is 11.9 Å². The number of aliphatic carboxylic acids is 1. The third-order valence-corrected chi connectivity index (χ3v) is 4.15. The van der Waals surface area contributed by atoms with Gasteiger partial charge in [0.1, 0.15) is 0 Å². The molecule has 3 atom stereocenters. The Morgan fingerprint density at radius 2 is 2.00 bits per heavy atom. The Morgan fingerprint density at radius 1 is 1.37 bits per heavy atom. The van der Waals surface area contributed by atoms with Crippen LogP contribution in [0.1, 0.15) is 44.2 Å². The number of carboxylic acids is 1. The van der Waals surface area contributed by atoms with Crippen molar-refractivity contribution >= 4 is 5.97 Å². The highest BCUT2D eigenvalue weighted by molar-refractivity contribution is 5.75. The molecule has 19 heavy (non-hydrogen) atoms. The molecule has 0 amide bonds. The number of likely N-dealkylation sites (tertiary alicyclic amines) is 1. The maximum absolute atomic E-state index is 10.9. The first-order valence-corrected chi connectivity index (χ1v) is 7.03. The Kier molecular flexibility index (Phi) is 4.25. The molecule has 1 fully saturated rings. The van der Waals surface area contributed by atoms with E-state index in [2.05, 4.69) is 30.9 Å². The fourth-order valence-electron chi connectivity index (χ4n) is 2.90. The van der Waals surface area contributed by atoms with Gasteiger partial charge in [-0.1, -0.05) is 31.2 Å². The summed E-state index contributed by atoms with van der Waals surface area (Å²) in [6.07, 6.45) is 1.27. The van der Waals surface area contributed by atoms with Gasteiger partial charge >= 0.3 is 5.97 Å². The highest BCUT2D eigenvalue weighted by Crippen LogP contribution is 2.24. The topological polar surface area (TPSA) is 40.5 Å². The van der Waals surface area contributed by atoms with Gasteiger partial charge in [-0.25, -0.2) is 0 Å². The first-order valence-electron chi connectivity index (χ1n) is 7.03. The van der Waals surface area contributed by atoms with E-state index in [1.807, 2.05) is 12.1 Å². The van der Waals surface area contributed by atoms with Crippen LogP contribution in [0, 0.1) is 5.92 Å². The van der Waals surface area contributed by atoms with Crippen LogP contribution in [0.4, 0.5) is 0 Å². The Hall–Kier alpha value is -1.35. The third kappa shape index (κ3) is 3.35. The molecule has 3 heteroatoms. The monoisotopic (exact) mass is 261 g/mol. The summed E-state index contributed by atoms with van der Waals surface area (Å²) in [5.74, 6) is -0.421. The molecule has 0 radical (unpaired) electrons. The number of rotatable bonds is 4. The highest BCUT2D eigenvalue weighted by atomic mass is 16.4. The van der Waals surface area contributed by atoms with Gasteiger partial charge in [-0.15, -0.1) is 0 Å². The minimum atomic E-state index is -0.769. The molecule has 0 saturated carbocycles. The van der Waals surface area contributed by atoms with Crippen LogP contribution in [0.2, 0.25) is 0 Å². The van der Waals surface area contributed by atoms with E-state index in [9.17, 15) is 4.79 Å². The summed E-state index contributed by atoms with van der Waals surface area (Å²) in [5.41, 5.74) is 2.14. The molecule has 104 valence electrons. The molecule has 0 aromatic heterocycles. The fraction of sp³-hybridized carbons (Fsp3) is 0.562. The first-order chi connectivity index (χ1) is 8.97. The molecule has 0 bridgehead atoms. The van der Waals surface area contributed by atoms with Crippen molar-refractivity contribution < 1.29 is 9.90 Å². The molecule has 1 aromatic rings. The summed E-state index contributed by atoms with van der Waals surface area (Å²) in [7, 11) is 0. The third-order valence-electron chi connectivity index (χ3n) is 4.15. The summed E-state index contributed by atoms with van der Waals surface area (Å²) >= 11 is 0. The second-order valence-electron chi connectivity index (χ2n) is 5.92. The lowest BCUT2D eigenvalue weighted by Crippen LogP contribution is -2.26. The zero-order valence-corrected chi connectivity index (χ0v) is 12.0. The maximum atomic E-state index is 10.9. The summed E-state index contributed by atoms with van der Waals surface area (Å²) in [5, 5.41) is 8.99. The Balaban J connectivity index is 2.01. The van der Waals surface area contributed by atoms with Crippen molar-refractivity contribution in [2.24, 2.45) is 5.92 Å². The standard InChI is InChI=1S/C16H23NO2/c1-11-8-12(2)17(9-11)10-14-4-6-15(7-5-14)13(3)16(18)19/h4-7,11-13H,8-10H2,1-3H3,(H,18,19). The van der Waals surface area contributed by atoms with Crippen LogP contribution in [0.15, 0.2) is 24.3 Å². The lowest BCUT2D eigenvalue weighted by atomic mass is 10.00. The molecular weight excluding hydrogens is 238 g/mol. The molecule has 1 heterocycles. The molecule has 3 unspecified atom stereocenters. The van der Waals surface area contributed by atoms with Gasteiger partial charge < -0.3 is 5.11 Å². The predicted octanol–water partition coefficient (Wildman–Crippen LogP) is 3.11. The Bertz CT molecular complexity index is 441. The van der Waals surface area contributed by atoms with Gasteiger partial charge in [0.2, 0.25) is 0 Å². The van der Waals surface area contributed by atoms with Gasteiger partial charge in [0.05, 0.1) is 5.92 Å². The molecule has 0 aliphatic carbocycles. The average molecular weight is 261 g/mol. The molecule has 1 N–H and O–H groups in total. The van der Waals surface area contributed by atoms with Gasteiger partial charge in [-0.3, -0.25) is 9.69 Å². The molecular formula is C16H23NO2. The summed E-state index contributed by atoms with van der Waals surface area (Å²) < 4.78 is 0. The largest absolute Gasteiger partial charge is 0.481 e. The smallest absolute Gasteiger partial charge is 0.310 e. The minimum absolute atomic E-state index is 0.431. The minimum Gasteiger partial charge on any atom is -0.481 e. The number of nitrogens with zero attached hydrogens (tertiary/aromatic N) is 1. The van der Waals surface area contributed by atoms with Crippen molar-refractivity contribution in [3.05, 3.63) is 35.4 Å². The van der Waals surface area contributed by atoms with Crippen LogP contribution in [0.5, 0.6) is 0 Å². The van der Waals surface area contributed by atoms with Gasteiger partial charge in [0, 0.05) is 19.1 Å². The average Bonchev–Trinajstić information content (AvgIpc) is 2.68. The number of carboxylic acid groups (broad SMARTS) is 1. The molecule has 2 rings (SSSR count). The van der Waals surface area contributed by atoms with Gasteiger partial charge in [0.15, 0.2) is 0 Å². The lowest BCUT2D eigenvalue weighted by molar-refractivity contribution is -0.138. The second-order valence-corrected chi connectivity index (χ2v) is 5.92. The van der Waals surface area contributed by atoms with Crippen LogP contribution in [-0.4, -0.2) is 28.6 Å². The quantitative estimate of drug-likeness (QED) is 0.905. The van der Waals surface area contributed by atoms with Crippen LogP contribution in [-0.2, 0) is 11.3 Å². The van der Waals surface area contributed by atoms with Crippen molar-refractivity contribution in [1.29, 1.82) is 0 Å². The molecule has 1 aromatic carbocycles. The van der Waals surface area contributed by atoms with Crippen molar-refractivity contribution in [2.75, 3.05) is 6.54 Å². The summed E-state index contributed by atoms with van der Waals surface area (Å²) in [4.78, 5) is 13.4. The van der Waals surface area contributed by atoms with E-state index in [4.69, 9.17) is 5.11 Å². The van der Waals surface area contributed by atoms with E-state index >= 15 is 0 Å². The Labute approximate surface area is 115 Å². The number of hydrogen-bond acceptors (Lipinski definition) is 2. The van der Waals surface area contributed by atoms with Crippen LogP contribution in [0.25, 0.3) is 0 Å². The van der Waals surface area contributed by atoms with E-state index in [0.717, 1.165) is 24.6 Å². The van der Waals surface area contributed by atoms with Crippen molar-refractivity contribution in [2.45, 2.75) is 45.7 Å². The SMILES string of the molecule is CC1CC(C)N(Cc2ccc(C(C)C(=O)O)cc2)C1. The van der Waals surface area contributed by atoms with E-state index in [0.29, 0.717) is 6.04 Å².